The minimum absolute atomic E-state index is 0.0332. The van der Waals surface area contributed by atoms with Crippen LogP contribution in [0.1, 0.15) is 29.7 Å². The van der Waals surface area contributed by atoms with Gasteiger partial charge in [-0.2, -0.15) is 5.10 Å². The zero-order valence-corrected chi connectivity index (χ0v) is 19.2. The van der Waals surface area contributed by atoms with Crippen LogP contribution >= 0.6 is 0 Å². The molecule has 0 radical (unpaired) electrons. The smallest absolute Gasteiger partial charge is 0.254 e. The summed E-state index contributed by atoms with van der Waals surface area (Å²) >= 11 is 0. The lowest BCUT2D eigenvalue weighted by atomic mass is 9.89. The van der Waals surface area contributed by atoms with E-state index in [0.29, 0.717) is 26.2 Å². The number of hydrogen-bond acceptors (Lipinski definition) is 4. The van der Waals surface area contributed by atoms with Crippen LogP contribution in [-0.2, 0) is 4.79 Å². The van der Waals surface area contributed by atoms with Gasteiger partial charge in [0.1, 0.15) is 17.7 Å². The first-order valence-electron chi connectivity index (χ1n) is 11.3. The van der Waals surface area contributed by atoms with Crippen molar-refractivity contribution in [2.24, 2.45) is 0 Å². The van der Waals surface area contributed by atoms with Crippen LogP contribution in [0.3, 0.4) is 0 Å². The topological polar surface area (TPSA) is 53.4 Å². The van der Waals surface area contributed by atoms with E-state index >= 15 is 0 Å². The molecule has 3 aromatic rings. The molecular formula is C26H28FN5O. The number of hydrogen-bond donors (Lipinski definition) is 1. The third kappa shape index (κ3) is 3.77. The number of benzene rings is 2. The third-order valence-electron chi connectivity index (χ3n) is 6.84. The molecule has 1 saturated heterocycles. The van der Waals surface area contributed by atoms with Crippen molar-refractivity contribution in [1.29, 1.82) is 0 Å². The highest BCUT2D eigenvalue weighted by Gasteiger charge is 2.36. The molecule has 33 heavy (non-hydrogen) atoms. The number of allylic oxidation sites excluding steroid dienone is 1. The van der Waals surface area contributed by atoms with Crippen molar-refractivity contribution in [2.45, 2.75) is 26.8 Å². The molecule has 0 spiro atoms. The van der Waals surface area contributed by atoms with Crippen LogP contribution in [0.25, 0.3) is 0 Å². The summed E-state index contributed by atoms with van der Waals surface area (Å²) in [6.07, 6.45) is 1.77. The van der Waals surface area contributed by atoms with Gasteiger partial charge in [0.2, 0.25) is 0 Å². The number of aryl methyl sites for hydroxylation is 1. The molecule has 1 atom stereocenters. The normalized spacial score (nSPS) is 18.2. The molecule has 1 unspecified atom stereocenters. The summed E-state index contributed by atoms with van der Waals surface area (Å²) in [4.78, 5) is 18.0. The Labute approximate surface area is 193 Å². The second kappa shape index (κ2) is 8.39. The third-order valence-corrected chi connectivity index (χ3v) is 6.84. The number of carbonyl (C=O) groups is 1. The van der Waals surface area contributed by atoms with Gasteiger partial charge in [0.15, 0.2) is 0 Å². The van der Waals surface area contributed by atoms with Crippen LogP contribution in [0.2, 0.25) is 0 Å². The van der Waals surface area contributed by atoms with Gasteiger partial charge in [-0.25, -0.2) is 9.07 Å². The van der Waals surface area contributed by atoms with E-state index in [0.717, 1.165) is 28.3 Å². The molecular weight excluding hydrogens is 417 g/mol. The molecule has 5 rings (SSSR count). The first-order valence-corrected chi connectivity index (χ1v) is 11.3. The second-order valence-corrected chi connectivity index (χ2v) is 8.77. The quantitative estimate of drug-likeness (QED) is 0.654. The van der Waals surface area contributed by atoms with Crippen LogP contribution < -0.4 is 10.2 Å². The lowest BCUT2D eigenvalue weighted by Gasteiger charge is -2.39. The fraction of sp³-hybridized carbons (Fsp3) is 0.308. The lowest BCUT2D eigenvalue weighted by Crippen LogP contribution is -2.50. The van der Waals surface area contributed by atoms with Gasteiger partial charge in [-0.3, -0.25) is 4.79 Å². The van der Waals surface area contributed by atoms with Crippen molar-refractivity contribution in [3.63, 3.8) is 0 Å². The number of nitrogens with zero attached hydrogens (tertiary/aromatic N) is 4. The zero-order chi connectivity index (χ0) is 23.1. The van der Waals surface area contributed by atoms with Crippen LogP contribution in [-0.4, -0.2) is 46.8 Å². The van der Waals surface area contributed by atoms with Gasteiger partial charge in [-0.1, -0.05) is 18.2 Å². The molecule has 1 N–H and O–H groups in total. The summed E-state index contributed by atoms with van der Waals surface area (Å²) in [7, 11) is 0. The summed E-state index contributed by atoms with van der Waals surface area (Å²) < 4.78 is 15.2. The summed E-state index contributed by atoms with van der Waals surface area (Å²) in [5.74, 6) is 0.678. The Morgan fingerprint density at radius 1 is 1.00 bits per heavy atom. The van der Waals surface area contributed by atoms with Gasteiger partial charge < -0.3 is 15.1 Å². The average molecular weight is 446 g/mol. The van der Waals surface area contributed by atoms with E-state index in [4.69, 9.17) is 0 Å². The number of rotatable bonds is 3. The first kappa shape index (κ1) is 21.2. The molecule has 3 heterocycles. The van der Waals surface area contributed by atoms with E-state index in [2.05, 4.69) is 41.3 Å². The van der Waals surface area contributed by atoms with E-state index < -0.39 is 0 Å². The zero-order valence-electron chi connectivity index (χ0n) is 19.2. The van der Waals surface area contributed by atoms with Crippen LogP contribution in [0.5, 0.6) is 0 Å². The van der Waals surface area contributed by atoms with Gasteiger partial charge >= 0.3 is 0 Å². The molecule has 0 bridgehead atoms. The van der Waals surface area contributed by atoms with E-state index in [1.807, 2.05) is 28.6 Å². The Morgan fingerprint density at radius 2 is 1.73 bits per heavy atom. The molecule has 2 aliphatic rings. The summed E-state index contributed by atoms with van der Waals surface area (Å²) in [5.41, 5.74) is 6.03. The fourth-order valence-electron chi connectivity index (χ4n) is 4.83. The SMILES string of the molecule is CC1=C(C(=O)N2CCN(c3ccc(F)cc3)CC2)C(c2cccc(C)c2C)n2nccc2N1. The first-order chi connectivity index (χ1) is 15.9. The predicted molar refractivity (Wildman–Crippen MR) is 128 cm³/mol. The molecule has 170 valence electrons. The number of halogens is 1. The van der Waals surface area contributed by atoms with E-state index in [1.165, 1.54) is 23.3 Å². The Kier molecular flexibility index (Phi) is 5.40. The predicted octanol–water partition coefficient (Wildman–Crippen LogP) is 4.28. The van der Waals surface area contributed by atoms with Crippen molar-refractivity contribution in [2.75, 3.05) is 36.4 Å². The number of nitrogens with one attached hydrogen (secondary N) is 1. The highest BCUT2D eigenvalue weighted by molar-refractivity contribution is 5.97. The number of carbonyl (C=O) groups excluding carboxylic acids is 1. The van der Waals surface area contributed by atoms with Crippen LogP contribution in [0.4, 0.5) is 15.9 Å². The van der Waals surface area contributed by atoms with Crippen molar-refractivity contribution < 1.29 is 9.18 Å². The van der Waals surface area contributed by atoms with Crippen molar-refractivity contribution >= 4 is 17.4 Å². The second-order valence-electron chi connectivity index (χ2n) is 8.77. The minimum Gasteiger partial charge on any atom is -0.368 e. The van der Waals surface area contributed by atoms with Crippen LogP contribution in [0.15, 0.2) is 66.0 Å². The van der Waals surface area contributed by atoms with Gasteiger partial charge in [0, 0.05) is 43.6 Å². The largest absolute Gasteiger partial charge is 0.368 e. The average Bonchev–Trinajstić information content (AvgIpc) is 3.28. The van der Waals surface area contributed by atoms with Crippen molar-refractivity contribution in [3.8, 4) is 0 Å². The van der Waals surface area contributed by atoms with E-state index in [9.17, 15) is 9.18 Å². The van der Waals surface area contributed by atoms with Crippen LogP contribution in [0, 0.1) is 19.7 Å². The van der Waals surface area contributed by atoms with Gasteiger partial charge in [0.05, 0.1) is 11.8 Å². The maximum Gasteiger partial charge on any atom is 0.254 e. The Hall–Kier alpha value is -3.61. The molecule has 6 nitrogen and oxygen atoms in total. The highest BCUT2D eigenvalue weighted by atomic mass is 19.1. The number of anilines is 2. The molecule has 0 aliphatic carbocycles. The number of aromatic nitrogens is 2. The lowest BCUT2D eigenvalue weighted by molar-refractivity contribution is -0.128. The Bertz CT molecular complexity index is 1220. The molecule has 1 amide bonds. The standard InChI is InChI=1S/C26H28FN5O/c1-17-5-4-6-22(18(17)2)25-24(19(3)29-23-11-12-28-32(23)25)26(33)31-15-13-30(14-16-31)21-9-7-20(27)8-10-21/h4-12,25,29H,13-16H2,1-3H3. The van der Waals surface area contributed by atoms with E-state index in [-0.39, 0.29) is 17.8 Å². The molecule has 1 fully saturated rings. The van der Waals surface area contributed by atoms with E-state index in [1.54, 1.807) is 18.3 Å². The minimum atomic E-state index is -0.279. The molecule has 1 aromatic heterocycles. The van der Waals surface area contributed by atoms with Gasteiger partial charge in [0.25, 0.3) is 5.91 Å². The van der Waals surface area contributed by atoms with Crippen molar-refractivity contribution in [3.05, 3.63) is 88.5 Å². The number of fused-ring (bicyclic) bond motifs is 1. The van der Waals surface area contributed by atoms with Gasteiger partial charge in [-0.05, 0) is 61.7 Å². The number of piperazine rings is 1. The molecule has 2 aromatic carbocycles. The maximum atomic E-state index is 13.9. The fourth-order valence-corrected chi connectivity index (χ4v) is 4.83. The molecule has 0 saturated carbocycles. The monoisotopic (exact) mass is 445 g/mol. The maximum absolute atomic E-state index is 13.9. The number of amides is 1. The molecule has 7 heteroatoms. The summed E-state index contributed by atoms with van der Waals surface area (Å²) in [6.45, 7) is 8.80. The Balaban J connectivity index is 1.44. The highest BCUT2D eigenvalue weighted by Crippen LogP contribution is 2.38. The van der Waals surface area contributed by atoms with Gasteiger partial charge in [-0.15, -0.1) is 0 Å². The Morgan fingerprint density at radius 3 is 2.45 bits per heavy atom. The summed E-state index contributed by atoms with van der Waals surface area (Å²) in [6, 6.07) is 14.4. The summed E-state index contributed by atoms with van der Waals surface area (Å²) in [5, 5.41) is 7.94. The van der Waals surface area contributed by atoms with Crippen molar-refractivity contribution in [1.82, 2.24) is 14.7 Å². The molecule has 2 aliphatic heterocycles.